The summed E-state index contributed by atoms with van der Waals surface area (Å²) in [6.45, 7) is 6.54. The molecule has 1 rings (SSSR count). The SMILES string of the molecule is C[C@H](NS(=O)(=O)C(C)(C)C)c1ccc(F)nc1. The number of nitrogens with zero attached hydrogens (tertiary/aromatic N) is 1. The quantitative estimate of drug-likeness (QED) is 0.846. The Bertz CT molecular complexity index is 477. The lowest BCUT2D eigenvalue weighted by atomic mass is 10.2. The third-order valence-electron chi connectivity index (χ3n) is 2.39. The molecule has 1 atom stereocenters. The van der Waals surface area contributed by atoms with Crippen molar-refractivity contribution in [2.24, 2.45) is 0 Å². The smallest absolute Gasteiger partial charge is 0.217 e. The minimum atomic E-state index is -3.43. The van der Waals surface area contributed by atoms with Crippen LogP contribution in [0, 0.1) is 5.95 Å². The molecular weight excluding hydrogens is 243 g/mol. The van der Waals surface area contributed by atoms with Crippen LogP contribution in [0.4, 0.5) is 4.39 Å². The molecule has 0 radical (unpaired) electrons. The molecule has 0 unspecified atom stereocenters. The van der Waals surface area contributed by atoms with Gasteiger partial charge in [0.15, 0.2) is 0 Å². The molecule has 4 nitrogen and oxygen atoms in total. The first-order valence-corrected chi connectivity index (χ1v) is 6.75. The van der Waals surface area contributed by atoms with Gasteiger partial charge in [0.1, 0.15) is 0 Å². The fourth-order valence-electron chi connectivity index (χ4n) is 1.12. The molecule has 0 saturated carbocycles. The van der Waals surface area contributed by atoms with Gasteiger partial charge in [0.25, 0.3) is 0 Å². The van der Waals surface area contributed by atoms with Gasteiger partial charge in [0, 0.05) is 12.2 Å². The Morgan fingerprint density at radius 1 is 1.35 bits per heavy atom. The summed E-state index contributed by atoms with van der Waals surface area (Å²) in [6, 6.07) is 2.28. The van der Waals surface area contributed by atoms with E-state index in [0.717, 1.165) is 0 Å². The van der Waals surface area contributed by atoms with Crippen molar-refractivity contribution in [3.05, 3.63) is 29.8 Å². The van der Waals surface area contributed by atoms with Crippen LogP contribution in [0.5, 0.6) is 0 Å². The van der Waals surface area contributed by atoms with Gasteiger partial charge in [-0.05, 0) is 39.3 Å². The second-order valence-corrected chi connectivity index (χ2v) is 7.34. The molecule has 1 N–H and O–H groups in total. The monoisotopic (exact) mass is 260 g/mol. The lowest BCUT2D eigenvalue weighted by molar-refractivity contribution is 0.530. The number of halogens is 1. The highest BCUT2D eigenvalue weighted by Gasteiger charge is 2.30. The molecule has 0 aliphatic rings. The van der Waals surface area contributed by atoms with Crippen molar-refractivity contribution in [1.29, 1.82) is 0 Å². The van der Waals surface area contributed by atoms with Crippen molar-refractivity contribution in [3.63, 3.8) is 0 Å². The van der Waals surface area contributed by atoms with Crippen LogP contribution in [0.15, 0.2) is 18.3 Å². The normalized spacial score (nSPS) is 14.6. The second kappa shape index (κ2) is 4.70. The standard InChI is InChI=1S/C11H17FN2O2S/c1-8(9-5-6-10(12)13-7-9)14-17(15,16)11(2,3)4/h5-8,14H,1-4H3/t8-/m0/s1. The fraction of sp³-hybridized carbons (Fsp3) is 0.545. The molecule has 0 amide bonds. The molecule has 0 aliphatic heterocycles. The van der Waals surface area contributed by atoms with Crippen molar-refractivity contribution < 1.29 is 12.8 Å². The highest BCUT2D eigenvalue weighted by atomic mass is 32.2. The molecule has 1 aromatic rings. The molecule has 0 aliphatic carbocycles. The summed E-state index contributed by atoms with van der Waals surface area (Å²) in [7, 11) is -3.43. The Balaban J connectivity index is 2.87. The lowest BCUT2D eigenvalue weighted by Crippen LogP contribution is -2.40. The first-order valence-electron chi connectivity index (χ1n) is 5.27. The molecule has 0 saturated heterocycles. The summed E-state index contributed by atoms with van der Waals surface area (Å²) in [4.78, 5) is 3.49. The van der Waals surface area contributed by atoms with Gasteiger partial charge in [-0.25, -0.2) is 18.1 Å². The van der Waals surface area contributed by atoms with E-state index in [2.05, 4.69) is 9.71 Å². The number of sulfonamides is 1. The third-order valence-corrected chi connectivity index (χ3v) is 4.66. The van der Waals surface area contributed by atoms with Crippen LogP contribution in [0.25, 0.3) is 0 Å². The molecule has 96 valence electrons. The van der Waals surface area contributed by atoms with E-state index >= 15 is 0 Å². The molecule has 1 heterocycles. The van der Waals surface area contributed by atoms with E-state index in [1.54, 1.807) is 27.7 Å². The minimum absolute atomic E-state index is 0.438. The van der Waals surface area contributed by atoms with E-state index in [1.807, 2.05) is 0 Å². The highest BCUT2D eigenvalue weighted by Crippen LogP contribution is 2.19. The van der Waals surface area contributed by atoms with Crippen LogP contribution in [0.3, 0.4) is 0 Å². The van der Waals surface area contributed by atoms with E-state index in [-0.39, 0.29) is 0 Å². The summed E-state index contributed by atoms with van der Waals surface area (Å²) in [5, 5.41) is 0. The first kappa shape index (κ1) is 14.1. The summed E-state index contributed by atoms with van der Waals surface area (Å²) < 4.78 is 38.1. The van der Waals surface area contributed by atoms with Gasteiger partial charge in [0.2, 0.25) is 16.0 Å². The third kappa shape index (κ3) is 3.47. The Hall–Kier alpha value is -1.01. The fourth-order valence-corrected chi connectivity index (χ4v) is 2.08. The number of aromatic nitrogens is 1. The molecule has 0 aromatic carbocycles. The maximum atomic E-state index is 12.6. The summed E-state index contributed by atoms with van der Waals surface area (Å²) >= 11 is 0. The average Bonchev–Trinajstić information content (AvgIpc) is 2.16. The van der Waals surface area contributed by atoms with E-state index in [0.29, 0.717) is 5.56 Å². The van der Waals surface area contributed by atoms with Crippen molar-refractivity contribution in [3.8, 4) is 0 Å². The van der Waals surface area contributed by atoms with E-state index in [4.69, 9.17) is 0 Å². The maximum Gasteiger partial charge on any atom is 0.217 e. The van der Waals surface area contributed by atoms with E-state index < -0.39 is 26.8 Å². The number of rotatable bonds is 3. The van der Waals surface area contributed by atoms with Crippen LogP contribution in [-0.2, 0) is 10.0 Å². The van der Waals surface area contributed by atoms with Crippen LogP contribution >= 0.6 is 0 Å². The Labute approximate surface area is 101 Å². The van der Waals surface area contributed by atoms with Crippen LogP contribution in [0.1, 0.15) is 39.3 Å². The van der Waals surface area contributed by atoms with Gasteiger partial charge < -0.3 is 0 Å². The summed E-state index contributed by atoms with van der Waals surface area (Å²) in [5.74, 6) is -0.584. The zero-order valence-corrected chi connectivity index (χ0v) is 11.2. The number of pyridine rings is 1. The van der Waals surface area contributed by atoms with Crippen molar-refractivity contribution in [2.75, 3.05) is 0 Å². The number of hydrogen-bond donors (Lipinski definition) is 1. The Morgan fingerprint density at radius 2 is 1.94 bits per heavy atom. The predicted octanol–water partition coefficient (Wildman–Crippen LogP) is 2.00. The molecule has 0 bridgehead atoms. The van der Waals surface area contributed by atoms with E-state index in [1.165, 1.54) is 18.3 Å². The molecule has 1 aromatic heterocycles. The summed E-state index contributed by atoms with van der Waals surface area (Å²) in [6.07, 6.45) is 1.32. The lowest BCUT2D eigenvalue weighted by Gasteiger charge is -2.23. The largest absolute Gasteiger partial charge is 0.228 e. The molecule has 17 heavy (non-hydrogen) atoms. The van der Waals surface area contributed by atoms with Crippen molar-refractivity contribution >= 4 is 10.0 Å². The zero-order valence-electron chi connectivity index (χ0n) is 10.4. The number of hydrogen-bond acceptors (Lipinski definition) is 3. The number of nitrogens with one attached hydrogen (secondary N) is 1. The maximum absolute atomic E-state index is 12.6. The van der Waals surface area contributed by atoms with Crippen LogP contribution in [0.2, 0.25) is 0 Å². The molecule has 0 spiro atoms. The van der Waals surface area contributed by atoms with Gasteiger partial charge in [-0.15, -0.1) is 0 Å². The highest BCUT2D eigenvalue weighted by molar-refractivity contribution is 7.90. The first-order chi connectivity index (χ1) is 7.63. The predicted molar refractivity (Wildman–Crippen MR) is 64.4 cm³/mol. The topological polar surface area (TPSA) is 59.1 Å². The van der Waals surface area contributed by atoms with Crippen LogP contribution < -0.4 is 4.72 Å². The molecular formula is C11H17FN2O2S. The molecule has 0 fully saturated rings. The van der Waals surface area contributed by atoms with Crippen LogP contribution in [-0.4, -0.2) is 18.1 Å². The summed E-state index contributed by atoms with van der Waals surface area (Å²) in [5.41, 5.74) is 0.624. The van der Waals surface area contributed by atoms with Gasteiger partial charge in [-0.1, -0.05) is 6.07 Å². The molecule has 6 heteroatoms. The Morgan fingerprint density at radius 3 is 2.35 bits per heavy atom. The average molecular weight is 260 g/mol. The van der Waals surface area contributed by atoms with Crippen molar-refractivity contribution in [2.45, 2.75) is 38.5 Å². The van der Waals surface area contributed by atoms with Gasteiger partial charge >= 0.3 is 0 Å². The van der Waals surface area contributed by atoms with Gasteiger partial charge in [-0.3, -0.25) is 0 Å². The Kier molecular flexibility index (Phi) is 3.88. The van der Waals surface area contributed by atoms with Gasteiger partial charge in [0.05, 0.1) is 4.75 Å². The minimum Gasteiger partial charge on any atom is -0.228 e. The zero-order chi connectivity index (χ0) is 13.3. The van der Waals surface area contributed by atoms with Crippen molar-refractivity contribution in [1.82, 2.24) is 9.71 Å². The van der Waals surface area contributed by atoms with Gasteiger partial charge in [-0.2, -0.15) is 4.39 Å². The second-order valence-electron chi connectivity index (χ2n) is 4.87. The van der Waals surface area contributed by atoms with E-state index in [9.17, 15) is 12.8 Å².